The average molecular weight is 240 g/mol. The molecule has 1 aliphatic carbocycles. The molecule has 1 saturated carbocycles. The largest absolute Gasteiger partial charge is 0.379 e. The number of piperidine rings is 1. The van der Waals surface area contributed by atoms with Crippen molar-refractivity contribution in [2.45, 2.75) is 50.7 Å². The zero-order valence-corrected chi connectivity index (χ0v) is 10.9. The maximum absolute atomic E-state index is 12.4. The van der Waals surface area contributed by atoms with E-state index in [0.717, 1.165) is 38.6 Å². The molecule has 0 aromatic carbocycles. The molecule has 1 heterocycles. The number of nitrogens with two attached hydrogens (primary N) is 1. The highest BCUT2D eigenvalue weighted by Gasteiger charge is 2.41. The lowest BCUT2D eigenvalue weighted by molar-refractivity contribution is -0.141. The van der Waals surface area contributed by atoms with Crippen LogP contribution >= 0.6 is 0 Å². The predicted octanol–water partition coefficient (Wildman–Crippen LogP) is 1.14. The molecule has 2 fully saturated rings. The van der Waals surface area contributed by atoms with Gasteiger partial charge in [-0.05, 0) is 25.2 Å². The van der Waals surface area contributed by atoms with Crippen LogP contribution in [0, 0.1) is 5.92 Å². The molecule has 0 bridgehead atoms. The van der Waals surface area contributed by atoms with Crippen molar-refractivity contribution < 1.29 is 9.53 Å². The first-order valence-electron chi connectivity index (χ1n) is 6.68. The first-order valence-corrected chi connectivity index (χ1v) is 6.68. The van der Waals surface area contributed by atoms with E-state index in [9.17, 15) is 4.79 Å². The standard InChI is InChI=1S/C13H24N2O2/c1-10-5-8-15(9-11(10)17-2)12(16)13(14)6-3-4-7-13/h10-11H,3-9,14H2,1-2H3. The van der Waals surface area contributed by atoms with Crippen LogP contribution < -0.4 is 5.73 Å². The topological polar surface area (TPSA) is 55.6 Å². The second-order valence-electron chi connectivity index (χ2n) is 5.65. The van der Waals surface area contributed by atoms with Gasteiger partial charge in [0, 0.05) is 20.2 Å². The number of nitrogens with zero attached hydrogens (tertiary/aromatic N) is 1. The van der Waals surface area contributed by atoms with Crippen LogP contribution in [-0.2, 0) is 9.53 Å². The minimum atomic E-state index is -0.584. The molecule has 2 aliphatic rings. The Hall–Kier alpha value is -0.610. The summed E-state index contributed by atoms with van der Waals surface area (Å²) in [7, 11) is 1.73. The maximum Gasteiger partial charge on any atom is 0.242 e. The average Bonchev–Trinajstić information content (AvgIpc) is 2.77. The summed E-state index contributed by atoms with van der Waals surface area (Å²) in [4.78, 5) is 14.4. The van der Waals surface area contributed by atoms with Crippen LogP contribution in [0.4, 0.5) is 0 Å². The number of rotatable bonds is 2. The molecule has 4 nitrogen and oxygen atoms in total. The Bertz CT molecular complexity index is 287. The summed E-state index contributed by atoms with van der Waals surface area (Å²) < 4.78 is 5.44. The highest BCUT2D eigenvalue weighted by atomic mass is 16.5. The van der Waals surface area contributed by atoms with E-state index in [1.54, 1.807) is 7.11 Å². The van der Waals surface area contributed by atoms with E-state index >= 15 is 0 Å². The number of amides is 1. The van der Waals surface area contributed by atoms with Gasteiger partial charge >= 0.3 is 0 Å². The molecule has 2 atom stereocenters. The van der Waals surface area contributed by atoms with E-state index in [2.05, 4.69) is 6.92 Å². The fraction of sp³-hybridized carbons (Fsp3) is 0.923. The highest BCUT2D eigenvalue weighted by molar-refractivity contribution is 5.86. The number of hydrogen-bond donors (Lipinski definition) is 1. The van der Waals surface area contributed by atoms with E-state index in [1.165, 1.54) is 0 Å². The van der Waals surface area contributed by atoms with Crippen LogP contribution in [0.1, 0.15) is 39.0 Å². The van der Waals surface area contributed by atoms with E-state index in [-0.39, 0.29) is 12.0 Å². The van der Waals surface area contributed by atoms with E-state index in [1.807, 2.05) is 4.90 Å². The first kappa shape index (κ1) is 12.8. The maximum atomic E-state index is 12.4. The van der Waals surface area contributed by atoms with Gasteiger partial charge in [0.25, 0.3) is 0 Å². The molecule has 17 heavy (non-hydrogen) atoms. The molecular formula is C13H24N2O2. The third-order valence-corrected chi connectivity index (χ3v) is 4.40. The summed E-state index contributed by atoms with van der Waals surface area (Å²) in [5, 5.41) is 0. The Morgan fingerprint density at radius 2 is 2.06 bits per heavy atom. The molecule has 1 saturated heterocycles. The monoisotopic (exact) mass is 240 g/mol. The molecule has 1 aliphatic heterocycles. The minimum Gasteiger partial charge on any atom is -0.379 e. The van der Waals surface area contributed by atoms with Crippen molar-refractivity contribution in [3.8, 4) is 0 Å². The van der Waals surface area contributed by atoms with Crippen LogP contribution in [0.2, 0.25) is 0 Å². The minimum absolute atomic E-state index is 0.143. The molecule has 4 heteroatoms. The second-order valence-corrected chi connectivity index (χ2v) is 5.65. The van der Waals surface area contributed by atoms with Crippen molar-refractivity contribution >= 4 is 5.91 Å². The van der Waals surface area contributed by atoms with Crippen LogP contribution in [0.3, 0.4) is 0 Å². The Morgan fingerprint density at radius 1 is 1.41 bits per heavy atom. The number of ether oxygens (including phenoxy) is 1. The predicted molar refractivity (Wildman–Crippen MR) is 66.5 cm³/mol. The van der Waals surface area contributed by atoms with Crippen molar-refractivity contribution in [1.82, 2.24) is 4.90 Å². The van der Waals surface area contributed by atoms with Gasteiger partial charge in [0.2, 0.25) is 5.91 Å². The Balaban J connectivity index is 2.00. The fourth-order valence-electron chi connectivity index (χ4n) is 3.06. The number of carbonyl (C=O) groups is 1. The number of likely N-dealkylation sites (tertiary alicyclic amines) is 1. The smallest absolute Gasteiger partial charge is 0.242 e. The Kier molecular flexibility index (Phi) is 3.73. The van der Waals surface area contributed by atoms with Crippen LogP contribution in [0.5, 0.6) is 0 Å². The van der Waals surface area contributed by atoms with E-state index < -0.39 is 5.54 Å². The van der Waals surface area contributed by atoms with Gasteiger partial charge in [0.1, 0.15) is 0 Å². The van der Waals surface area contributed by atoms with Gasteiger partial charge in [-0.15, -0.1) is 0 Å². The van der Waals surface area contributed by atoms with Gasteiger partial charge in [-0.3, -0.25) is 4.79 Å². The number of hydrogen-bond acceptors (Lipinski definition) is 3. The molecular weight excluding hydrogens is 216 g/mol. The van der Waals surface area contributed by atoms with Gasteiger partial charge < -0.3 is 15.4 Å². The first-order chi connectivity index (χ1) is 8.07. The molecule has 2 rings (SSSR count). The normalized spacial score (nSPS) is 32.8. The number of carbonyl (C=O) groups excluding carboxylic acids is 1. The third-order valence-electron chi connectivity index (χ3n) is 4.40. The Labute approximate surface area is 103 Å². The quantitative estimate of drug-likeness (QED) is 0.787. The van der Waals surface area contributed by atoms with Crippen molar-refractivity contribution in [3.63, 3.8) is 0 Å². The molecule has 2 N–H and O–H groups in total. The third kappa shape index (κ3) is 2.47. The van der Waals surface area contributed by atoms with Crippen molar-refractivity contribution in [3.05, 3.63) is 0 Å². The summed E-state index contributed by atoms with van der Waals surface area (Å²) >= 11 is 0. The fourth-order valence-corrected chi connectivity index (χ4v) is 3.06. The van der Waals surface area contributed by atoms with Gasteiger partial charge in [-0.1, -0.05) is 19.8 Å². The van der Waals surface area contributed by atoms with Crippen molar-refractivity contribution in [1.29, 1.82) is 0 Å². The summed E-state index contributed by atoms with van der Waals surface area (Å²) in [6.07, 6.45) is 5.03. The zero-order valence-electron chi connectivity index (χ0n) is 10.9. The molecule has 0 aromatic heterocycles. The molecule has 98 valence electrons. The van der Waals surface area contributed by atoms with Crippen molar-refractivity contribution in [2.75, 3.05) is 20.2 Å². The van der Waals surface area contributed by atoms with Crippen LogP contribution in [-0.4, -0.2) is 42.6 Å². The number of methoxy groups -OCH3 is 1. The van der Waals surface area contributed by atoms with Crippen LogP contribution in [0.25, 0.3) is 0 Å². The lowest BCUT2D eigenvalue weighted by atomic mass is 9.92. The Morgan fingerprint density at radius 3 is 2.65 bits per heavy atom. The second kappa shape index (κ2) is 4.94. The SMILES string of the molecule is COC1CN(C(=O)C2(N)CCCC2)CCC1C. The van der Waals surface area contributed by atoms with Gasteiger partial charge in [0.15, 0.2) is 0 Å². The van der Waals surface area contributed by atoms with E-state index in [0.29, 0.717) is 12.5 Å². The summed E-state index contributed by atoms with van der Waals surface area (Å²) in [5.74, 6) is 0.672. The zero-order chi connectivity index (χ0) is 12.5. The molecule has 0 radical (unpaired) electrons. The summed E-state index contributed by atoms with van der Waals surface area (Å²) in [5.41, 5.74) is 5.64. The van der Waals surface area contributed by atoms with Gasteiger partial charge in [-0.25, -0.2) is 0 Å². The lowest BCUT2D eigenvalue weighted by Crippen LogP contribution is -2.57. The lowest BCUT2D eigenvalue weighted by Gasteiger charge is -2.39. The van der Waals surface area contributed by atoms with Gasteiger partial charge in [-0.2, -0.15) is 0 Å². The van der Waals surface area contributed by atoms with Crippen LogP contribution in [0.15, 0.2) is 0 Å². The summed E-state index contributed by atoms with van der Waals surface area (Å²) in [6.45, 7) is 3.72. The van der Waals surface area contributed by atoms with Gasteiger partial charge in [0.05, 0.1) is 11.6 Å². The van der Waals surface area contributed by atoms with E-state index in [4.69, 9.17) is 10.5 Å². The molecule has 0 aromatic rings. The molecule has 2 unspecified atom stereocenters. The van der Waals surface area contributed by atoms with Crippen molar-refractivity contribution in [2.24, 2.45) is 11.7 Å². The summed E-state index contributed by atoms with van der Waals surface area (Å²) in [6, 6.07) is 0. The highest BCUT2D eigenvalue weighted by Crippen LogP contribution is 2.30. The molecule has 1 amide bonds. The molecule has 0 spiro atoms.